The summed E-state index contributed by atoms with van der Waals surface area (Å²) in [6.07, 6.45) is 0.557. The smallest absolute Gasteiger partial charge is 0.346 e. The summed E-state index contributed by atoms with van der Waals surface area (Å²) in [6, 6.07) is 3.49. The number of aryl methyl sites for hydroxylation is 1. The van der Waals surface area contributed by atoms with Crippen LogP contribution < -0.4 is 5.32 Å². The molecule has 0 spiro atoms. The summed E-state index contributed by atoms with van der Waals surface area (Å²) in [5, 5.41) is 15.8. The lowest BCUT2D eigenvalue weighted by Crippen LogP contribution is -2.24. The van der Waals surface area contributed by atoms with E-state index in [4.69, 9.17) is 9.63 Å². The summed E-state index contributed by atoms with van der Waals surface area (Å²) < 4.78 is 5.29. The molecule has 0 atom stereocenters. The van der Waals surface area contributed by atoms with Crippen molar-refractivity contribution in [2.45, 2.75) is 39.5 Å². The molecule has 0 bridgehead atoms. The largest absolute Gasteiger partial charge is 0.477 e. The highest BCUT2D eigenvalue weighted by atomic mass is 32.1. The number of amides is 1. The highest BCUT2D eigenvalue weighted by Crippen LogP contribution is 2.23. The number of hydrogen-bond donors (Lipinski definition) is 2. The third-order valence-electron chi connectivity index (χ3n) is 3.30. The van der Waals surface area contributed by atoms with Gasteiger partial charge in [-0.3, -0.25) is 4.79 Å². The molecule has 0 saturated carbocycles. The van der Waals surface area contributed by atoms with Crippen LogP contribution in [0.3, 0.4) is 0 Å². The average molecular weight is 336 g/mol. The van der Waals surface area contributed by atoms with E-state index in [0.717, 1.165) is 22.8 Å². The molecule has 0 radical (unpaired) electrons. The first kappa shape index (κ1) is 17.2. The number of carbonyl (C=O) groups is 2. The Morgan fingerprint density at radius 1 is 1.35 bits per heavy atom. The maximum absolute atomic E-state index is 12.1. The van der Waals surface area contributed by atoms with Gasteiger partial charge in [-0.15, -0.1) is 11.3 Å². The SMILES string of the molecule is Cc1cc(C(=O)NCCc2cc(C(C)(C)C)on2)sc1C(=O)O. The van der Waals surface area contributed by atoms with E-state index in [1.54, 1.807) is 13.0 Å². The van der Waals surface area contributed by atoms with Gasteiger partial charge in [0.05, 0.1) is 10.6 Å². The first-order valence-electron chi connectivity index (χ1n) is 7.26. The van der Waals surface area contributed by atoms with E-state index in [-0.39, 0.29) is 16.2 Å². The molecule has 2 N–H and O–H groups in total. The van der Waals surface area contributed by atoms with Crippen LogP contribution in [0.1, 0.15) is 57.1 Å². The van der Waals surface area contributed by atoms with Gasteiger partial charge in [-0.05, 0) is 18.6 Å². The molecule has 2 aromatic rings. The van der Waals surface area contributed by atoms with Crippen molar-refractivity contribution in [2.75, 3.05) is 6.54 Å². The molecule has 6 nitrogen and oxygen atoms in total. The van der Waals surface area contributed by atoms with Crippen molar-refractivity contribution in [3.05, 3.63) is 38.9 Å². The van der Waals surface area contributed by atoms with Crippen LogP contribution >= 0.6 is 11.3 Å². The number of carbonyl (C=O) groups excluding carboxylic acids is 1. The van der Waals surface area contributed by atoms with Gasteiger partial charge in [-0.2, -0.15) is 0 Å². The second-order valence-corrected chi connectivity index (χ2v) is 7.42. The lowest BCUT2D eigenvalue weighted by Gasteiger charge is -2.12. The van der Waals surface area contributed by atoms with Crippen LogP contribution in [0.4, 0.5) is 0 Å². The number of carboxylic acids is 1. The molecular formula is C16H20N2O4S. The maximum Gasteiger partial charge on any atom is 0.346 e. The third-order valence-corrected chi connectivity index (χ3v) is 4.52. The van der Waals surface area contributed by atoms with Gasteiger partial charge >= 0.3 is 5.97 Å². The predicted octanol–water partition coefficient (Wildman–Crippen LogP) is 3.01. The van der Waals surface area contributed by atoms with E-state index < -0.39 is 5.97 Å². The van der Waals surface area contributed by atoms with Crippen molar-refractivity contribution in [3.63, 3.8) is 0 Å². The Bertz CT molecular complexity index is 725. The number of nitrogens with zero attached hydrogens (tertiary/aromatic N) is 1. The van der Waals surface area contributed by atoms with Gasteiger partial charge in [0, 0.05) is 24.4 Å². The van der Waals surface area contributed by atoms with Crippen LogP contribution in [0, 0.1) is 6.92 Å². The standard InChI is InChI=1S/C16H20N2O4S/c1-9-7-11(23-13(9)15(20)21)14(19)17-6-5-10-8-12(22-18-10)16(2,3)4/h7-8H,5-6H2,1-4H3,(H,17,19)(H,20,21). The van der Waals surface area contributed by atoms with Gasteiger partial charge in [-0.25, -0.2) is 4.79 Å². The second kappa shape index (κ2) is 6.54. The Labute approximate surface area is 138 Å². The molecule has 1 amide bonds. The van der Waals surface area contributed by atoms with Crippen molar-refractivity contribution in [1.29, 1.82) is 0 Å². The molecule has 0 unspecified atom stereocenters. The first-order chi connectivity index (χ1) is 10.7. The van der Waals surface area contributed by atoms with Gasteiger partial charge in [0.15, 0.2) is 0 Å². The van der Waals surface area contributed by atoms with E-state index in [1.807, 2.05) is 26.8 Å². The van der Waals surface area contributed by atoms with E-state index in [9.17, 15) is 9.59 Å². The van der Waals surface area contributed by atoms with Crippen molar-refractivity contribution < 1.29 is 19.2 Å². The zero-order chi connectivity index (χ0) is 17.2. The minimum Gasteiger partial charge on any atom is -0.477 e. The quantitative estimate of drug-likeness (QED) is 0.875. The predicted molar refractivity (Wildman–Crippen MR) is 87.3 cm³/mol. The molecule has 2 rings (SSSR count). The topological polar surface area (TPSA) is 92.4 Å². The van der Waals surface area contributed by atoms with Gasteiger partial charge in [0.25, 0.3) is 5.91 Å². The lowest BCUT2D eigenvalue weighted by atomic mass is 9.93. The summed E-state index contributed by atoms with van der Waals surface area (Å²) in [5.74, 6) is -0.479. The normalized spacial score (nSPS) is 11.5. The summed E-state index contributed by atoms with van der Waals surface area (Å²) in [4.78, 5) is 23.6. The van der Waals surface area contributed by atoms with Crippen LogP contribution in [0.25, 0.3) is 0 Å². The molecule has 0 aliphatic heterocycles. The summed E-state index contributed by atoms with van der Waals surface area (Å²) in [5.41, 5.74) is 1.28. The van der Waals surface area contributed by atoms with E-state index >= 15 is 0 Å². The molecule has 0 aliphatic rings. The molecule has 7 heteroatoms. The second-order valence-electron chi connectivity index (χ2n) is 6.37. The Morgan fingerprint density at radius 3 is 2.57 bits per heavy atom. The van der Waals surface area contributed by atoms with Crippen molar-refractivity contribution >= 4 is 23.2 Å². The fraction of sp³-hybridized carbons (Fsp3) is 0.438. The van der Waals surface area contributed by atoms with Crippen LogP contribution in [0.5, 0.6) is 0 Å². The van der Waals surface area contributed by atoms with Crippen LogP contribution in [-0.4, -0.2) is 28.7 Å². The molecule has 0 saturated heterocycles. The van der Waals surface area contributed by atoms with Crippen molar-refractivity contribution in [2.24, 2.45) is 0 Å². The van der Waals surface area contributed by atoms with Gasteiger partial charge < -0.3 is 14.9 Å². The monoisotopic (exact) mass is 336 g/mol. The van der Waals surface area contributed by atoms with Crippen molar-refractivity contribution in [3.8, 4) is 0 Å². The molecular weight excluding hydrogens is 316 g/mol. The molecule has 2 heterocycles. The molecule has 124 valence electrons. The van der Waals surface area contributed by atoms with E-state index in [0.29, 0.717) is 23.4 Å². The van der Waals surface area contributed by atoms with Crippen molar-refractivity contribution in [1.82, 2.24) is 10.5 Å². The maximum atomic E-state index is 12.1. The number of rotatable bonds is 5. The Hall–Kier alpha value is -2.15. The number of aromatic carboxylic acids is 1. The van der Waals surface area contributed by atoms with Crippen LogP contribution in [0.2, 0.25) is 0 Å². The van der Waals surface area contributed by atoms with Crippen LogP contribution in [-0.2, 0) is 11.8 Å². The highest BCUT2D eigenvalue weighted by molar-refractivity contribution is 7.16. The number of carboxylic acid groups (broad SMARTS) is 1. The summed E-state index contributed by atoms with van der Waals surface area (Å²) >= 11 is 0.984. The Balaban J connectivity index is 1.91. The van der Waals surface area contributed by atoms with Gasteiger partial charge in [0.1, 0.15) is 10.6 Å². The molecule has 0 aliphatic carbocycles. The zero-order valence-electron chi connectivity index (χ0n) is 13.6. The fourth-order valence-electron chi connectivity index (χ4n) is 1.98. The first-order valence-corrected chi connectivity index (χ1v) is 8.08. The minimum absolute atomic E-state index is 0.101. The highest BCUT2D eigenvalue weighted by Gasteiger charge is 2.20. The number of aromatic nitrogens is 1. The number of nitrogens with one attached hydrogen (secondary N) is 1. The third kappa shape index (κ3) is 4.19. The Kier molecular flexibility index (Phi) is 4.89. The van der Waals surface area contributed by atoms with Crippen LogP contribution in [0.15, 0.2) is 16.7 Å². The number of hydrogen-bond acceptors (Lipinski definition) is 5. The average Bonchev–Trinajstić information content (AvgIpc) is 3.04. The molecule has 0 aromatic carbocycles. The fourth-order valence-corrected chi connectivity index (χ4v) is 2.91. The Morgan fingerprint density at radius 2 is 2.04 bits per heavy atom. The van der Waals surface area contributed by atoms with E-state index in [1.165, 1.54) is 0 Å². The lowest BCUT2D eigenvalue weighted by molar-refractivity contribution is 0.0701. The van der Waals surface area contributed by atoms with Gasteiger partial charge in [-0.1, -0.05) is 25.9 Å². The van der Waals surface area contributed by atoms with Gasteiger partial charge in [0.2, 0.25) is 0 Å². The number of thiophene rings is 1. The molecule has 2 aromatic heterocycles. The zero-order valence-corrected chi connectivity index (χ0v) is 14.4. The van der Waals surface area contributed by atoms with E-state index in [2.05, 4.69) is 10.5 Å². The summed E-state index contributed by atoms with van der Waals surface area (Å²) in [6.45, 7) is 8.21. The summed E-state index contributed by atoms with van der Waals surface area (Å²) in [7, 11) is 0. The molecule has 0 fully saturated rings. The molecule has 23 heavy (non-hydrogen) atoms. The minimum atomic E-state index is -1.01.